The van der Waals surface area contributed by atoms with Gasteiger partial charge in [0.15, 0.2) is 0 Å². The molecule has 0 saturated heterocycles. The van der Waals surface area contributed by atoms with Crippen molar-refractivity contribution in [1.29, 1.82) is 0 Å². The van der Waals surface area contributed by atoms with E-state index in [1.54, 1.807) is 72.9 Å². The predicted molar refractivity (Wildman–Crippen MR) is 112 cm³/mol. The van der Waals surface area contributed by atoms with Crippen molar-refractivity contribution in [3.63, 3.8) is 0 Å². The average Bonchev–Trinajstić information content (AvgIpc) is 2.55. The van der Waals surface area contributed by atoms with Crippen LogP contribution < -0.4 is 10.1 Å². The largest absolute Gasteiger partial charge is 0.497 e. The molecule has 0 aromatic heterocycles. The molecular weight excluding hydrogens is 394 g/mol. The van der Waals surface area contributed by atoms with Crippen molar-refractivity contribution < 1.29 is 28.6 Å². The van der Waals surface area contributed by atoms with Crippen molar-refractivity contribution in [3.8, 4) is 5.75 Å². The van der Waals surface area contributed by atoms with Crippen LogP contribution in [-0.2, 0) is 19.1 Å². The summed E-state index contributed by atoms with van der Waals surface area (Å²) < 4.78 is 15.8. The molecule has 0 aliphatic heterocycles. The van der Waals surface area contributed by atoms with Crippen LogP contribution in [0.15, 0.2) is 29.2 Å². The summed E-state index contributed by atoms with van der Waals surface area (Å²) in [6.45, 7) is 10.5. The van der Waals surface area contributed by atoms with Gasteiger partial charge in [-0.15, -0.1) is 0 Å². The minimum absolute atomic E-state index is 0.0225. The molecule has 0 aliphatic carbocycles. The summed E-state index contributed by atoms with van der Waals surface area (Å²) in [6.07, 6.45) is 0.0551. The molecule has 0 spiro atoms. The van der Waals surface area contributed by atoms with Gasteiger partial charge in [-0.25, -0.2) is 4.79 Å². The monoisotopic (exact) mass is 425 g/mol. The first-order valence-electron chi connectivity index (χ1n) is 9.36. The summed E-state index contributed by atoms with van der Waals surface area (Å²) in [6, 6.07) is 6.05. The summed E-state index contributed by atoms with van der Waals surface area (Å²) in [5.74, 6) is -0.419. The number of carbonyl (C=O) groups is 3. The second kappa shape index (κ2) is 10.5. The number of nitrogens with one attached hydrogen (secondary N) is 1. The van der Waals surface area contributed by atoms with E-state index in [9.17, 15) is 14.4 Å². The number of thioether (sulfide) groups is 1. The highest BCUT2D eigenvalue weighted by molar-refractivity contribution is 8.13. The first kappa shape index (κ1) is 24.8. The Morgan fingerprint density at radius 1 is 1.03 bits per heavy atom. The van der Waals surface area contributed by atoms with Gasteiger partial charge < -0.3 is 19.5 Å². The van der Waals surface area contributed by atoms with Crippen molar-refractivity contribution in [2.24, 2.45) is 0 Å². The lowest BCUT2D eigenvalue weighted by Crippen LogP contribution is -2.43. The van der Waals surface area contributed by atoms with E-state index in [2.05, 4.69) is 5.32 Å². The van der Waals surface area contributed by atoms with Crippen molar-refractivity contribution in [1.82, 2.24) is 5.32 Å². The maximum absolute atomic E-state index is 12.5. The van der Waals surface area contributed by atoms with Crippen LogP contribution in [-0.4, -0.2) is 41.5 Å². The van der Waals surface area contributed by atoms with Crippen LogP contribution in [0.1, 0.15) is 54.4 Å². The Morgan fingerprint density at radius 2 is 1.66 bits per heavy atom. The molecule has 1 amide bonds. The number of ether oxygens (including phenoxy) is 3. The smallest absolute Gasteiger partial charge is 0.329 e. The molecule has 1 N–H and O–H groups in total. The van der Waals surface area contributed by atoms with Gasteiger partial charge in [0.2, 0.25) is 0 Å². The maximum Gasteiger partial charge on any atom is 0.329 e. The number of hydrogen-bond acceptors (Lipinski definition) is 7. The second-order valence-electron chi connectivity index (χ2n) is 8.42. The number of methoxy groups -OCH3 is 1. The highest BCUT2D eigenvalue weighted by Gasteiger charge is 2.28. The zero-order valence-electron chi connectivity index (χ0n) is 18.2. The van der Waals surface area contributed by atoms with Crippen molar-refractivity contribution in [2.45, 2.75) is 76.5 Å². The molecule has 7 nitrogen and oxygen atoms in total. The molecule has 1 rings (SSSR count). The molecule has 1 aromatic rings. The number of amides is 1. The third-order valence-electron chi connectivity index (χ3n) is 3.29. The number of hydrogen-bond donors (Lipinski definition) is 1. The molecule has 0 aliphatic rings. The summed E-state index contributed by atoms with van der Waals surface area (Å²) in [4.78, 5) is 37.7. The normalized spacial score (nSPS) is 12.7. The molecule has 0 radical (unpaired) electrons. The van der Waals surface area contributed by atoms with Crippen molar-refractivity contribution in [2.75, 3.05) is 7.11 Å². The maximum atomic E-state index is 12.5. The van der Waals surface area contributed by atoms with Crippen LogP contribution in [0, 0.1) is 0 Å². The van der Waals surface area contributed by atoms with Gasteiger partial charge in [-0.2, -0.15) is 0 Å². The van der Waals surface area contributed by atoms with Gasteiger partial charge in [0.05, 0.1) is 7.11 Å². The van der Waals surface area contributed by atoms with E-state index in [1.165, 1.54) is 0 Å². The molecule has 0 bridgehead atoms. The first-order valence-corrected chi connectivity index (χ1v) is 10.2. The van der Waals surface area contributed by atoms with Crippen LogP contribution in [0.25, 0.3) is 0 Å². The summed E-state index contributed by atoms with van der Waals surface area (Å²) in [5.41, 5.74) is -1.34. The third kappa shape index (κ3) is 10.8. The fraction of sp³-hybridized carbons (Fsp3) is 0.571. The Labute approximate surface area is 176 Å². The molecular formula is C21H31NO6S. The molecule has 0 saturated carbocycles. The van der Waals surface area contributed by atoms with Crippen LogP contribution in [0.4, 0.5) is 4.79 Å². The van der Waals surface area contributed by atoms with Gasteiger partial charge >= 0.3 is 11.9 Å². The van der Waals surface area contributed by atoms with Crippen LogP contribution in [0.5, 0.6) is 5.75 Å². The Kier molecular flexibility index (Phi) is 9.01. The van der Waals surface area contributed by atoms with Gasteiger partial charge in [-0.1, -0.05) is 6.07 Å². The van der Waals surface area contributed by atoms with Crippen LogP contribution in [0.3, 0.4) is 0 Å². The Balaban J connectivity index is 2.80. The Bertz CT molecular complexity index is 721. The molecule has 1 aromatic carbocycles. The molecule has 162 valence electrons. The Morgan fingerprint density at radius 3 is 2.21 bits per heavy atom. The fourth-order valence-electron chi connectivity index (χ4n) is 2.22. The second-order valence-corrected chi connectivity index (χ2v) is 9.47. The molecule has 0 fully saturated rings. The molecule has 1 atom stereocenters. The van der Waals surface area contributed by atoms with Crippen LogP contribution >= 0.6 is 11.8 Å². The van der Waals surface area contributed by atoms with Gasteiger partial charge in [-0.05, 0) is 77.9 Å². The average molecular weight is 426 g/mol. The lowest BCUT2D eigenvalue weighted by molar-refractivity contribution is -0.158. The van der Waals surface area contributed by atoms with Gasteiger partial charge in [0, 0.05) is 11.3 Å². The molecule has 0 heterocycles. The van der Waals surface area contributed by atoms with E-state index in [0.29, 0.717) is 10.6 Å². The van der Waals surface area contributed by atoms with Gasteiger partial charge in [0.1, 0.15) is 23.0 Å². The van der Waals surface area contributed by atoms with E-state index >= 15 is 0 Å². The highest BCUT2D eigenvalue weighted by Crippen LogP contribution is 2.24. The lowest BCUT2D eigenvalue weighted by atomic mass is 10.1. The van der Waals surface area contributed by atoms with E-state index in [-0.39, 0.29) is 12.8 Å². The SMILES string of the molecule is COc1cccc(SC(=O)N[C@@H](CCC(=O)OC(C)(C)C)C(=O)OC(C)(C)C)c1. The van der Waals surface area contributed by atoms with E-state index < -0.39 is 34.4 Å². The minimum atomic E-state index is -0.965. The van der Waals surface area contributed by atoms with Crippen LogP contribution in [0.2, 0.25) is 0 Å². The zero-order valence-corrected chi connectivity index (χ0v) is 19.0. The molecule has 29 heavy (non-hydrogen) atoms. The first-order chi connectivity index (χ1) is 13.3. The molecule has 8 heteroatoms. The number of esters is 2. The van der Waals surface area contributed by atoms with E-state index in [1.807, 2.05) is 0 Å². The number of carbonyl (C=O) groups excluding carboxylic acids is 3. The standard InChI is InChI=1S/C21H31NO6S/c1-20(2,3)27-17(23)12-11-16(18(24)28-21(4,5)6)22-19(25)29-15-10-8-9-14(13-15)26-7/h8-10,13,16H,11-12H2,1-7H3,(H,22,25)/t16-/m0/s1. The highest BCUT2D eigenvalue weighted by atomic mass is 32.2. The summed E-state index contributed by atoms with van der Waals surface area (Å²) >= 11 is 0.927. The lowest BCUT2D eigenvalue weighted by Gasteiger charge is -2.25. The van der Waals surface area contributed by atoms with E-state index in [0.717, 1.165) is 11.8 Å². The topological polar surface area (TPSA) is 90.9 Å². The minimum Gasteiger partial charge on any atom is -0.497 e. The third-order valence-corrected chi connectivity index (χ3v) is 4.09. The zero-order chi connectivity index (χ0) is 22.2. The number of rotatable bonds is 7. The summed E-state index contributed by atoms with van der Waals surface area (Å²) in [7, 11) is 1.54. The van der Waals surface area contributed by atoms with E-state index in [4.69, 9.17) is 14.2 Å². The number of benzene rings is 1. The van der Waals surface area contributed by atoms with Crippen molar-refractivity contribution >= 4 is 28.9 Å². The van der Waals surface area contributed by atoms with Gasteiger partial charge in [-0.3, -0.25) is 9.59 Å². The fourth-order valence-corrected chi connectivity index (χ4v) is 2.96. The Hall–Kier alpha value is -2.22. The van der Waals surface area contributed by atoms with Crippen molar-refractivity contribution in [3.05, 3.63) is 24.3 Å². The quantitative estimate of drug-likeness (QED) is 0.513. The van der Waals surface area contributed by atoms with Gasteiger partial charge in [0.25, 0.3) is 5.24 Å². The summed E-state index contributed by atoms with van der Waals surface area (Å²) in [5, 5.41) is 2.21. The predicted octanol–water partition coefficient (Wildman–Crippen LogP) is 4.33. The molecule has 0 unspecified atom stereocenters.